The summed E-state index contributed by atoms with van der Waals surface area (Å²) in [5, 5.41) is 0. The number of unbranched alkanes of at least 4 members (excludes halogenated alkanes) is 3. The van der Waals surface area contributed by atoms with E-state index in [1.54, 1.807) is 0 Å². The van der Waals surface area contributed by atoms with Gasteiger partial charge < -0.3 is 4.74 Å². The van der Waals surface area contributed by atoms with Crippen LogP contribution in [0, 0.1) is 5.92 Å². The van der Waals surface area contributed by atoms with Crippen LogP contribution in [0.4, 0.5) is 0 Å². The molecule has 0 rings (SSSR count). The molecule has 0 saturated carbocycles. The van der Waals surface area contributed by atoms with Gasteiger partial charge in [0.2, 0.25) is 0 Å². The van der Waals surface area contributed by atoms with Crippen molar-refractivity contribution < 1.29 is 9.53 Å². The van der Waals surface area contributed by atoms with Gasteiger partial charge in [0, 0.05) is 12.5 Å². The van der Waals surface area contributed by atoms with Gasteiger partial charge in [0.25, 0.3) is 0 Å². The van der Waals surface area contributed by atoms with Gasteiger partial charge in [-0.2, -0.15) is 0 Å². The number of ether oxygens (including phenoxy) is 1. The highest BCUT2D eigenvalue weighted by molar-refractivity contribution is 5.84. The van der Waals surface area contributed by atoms with E-state index in [2.05, 4.69) is 6.92 Å². The highest BCUT2D eigenvalue weighted by atomic mass is 16.5. The van der Waals surface area contributed by atoms with Gasteiger partial charge in [-0.3, -0.25) is 4.79 Å². The molecular weight excluding hydrogens is 176 g/mol. The Labute approximate surface area is 88.0 Å². The van der Waals surface area contributed by atoms with E-state index in [1.807, 2.05) is 20.8 Å². The van der Waals surface area contributed by atoms with Crippen molar-refractivity contribution in [1.82, 2.24) is 0 Å². The first kappa shape index (κ1) is 13.6. The minimum Gasteiger partial charge on any atom is -0.371 e. The maximum absolute atomic E-state index is 11.4. The normalized spacial score (nSPS) is 13.2. The Morgan fingerprint density at radius 3 is 2.29 bits per heavy atom. The van der Waals surface area contributed by atoms with Gasteiger partial charge in [0.1, 0.15) is 6.10 Å². The molecule has 0 heterocycles. The predicted molar refractivity (Wildman–Crippen MR) is 59.4 cm³/mol. The summed E-state index contributed by atoms with van der Waals surface area (Å²) >= 11 is 0. The van der Waals surface area contributed by atoms with Crippen LogP contribution in [-0.4, -0.2) is 18.5 Å². The lowest BCUT2D eigenvalue weighted by atomic mass is 10.1. The van der Waals surface area contributed by atoms with Gasteiger partial charge in [0.15, 0.2) is 5.78 Å². The Kier molecular flexibility index (Phi) is 7.77. The quantitative estimate of drug-likeness (QED) is 0.562. The number of hydrogen-bond acceptors (Lipinski definition) is 2. The van der Waals surface area contributed by atoms with Gasteiger partial charge in [0.05, 0.1) is 0 Å². The largest absolute Gasteiger partial charge is 0.371 e. The van der Waals surface area contributed by atoms with E-state index >= 15 is 0 Å². The molecule has 0 bridgehead atoms. The van der Waals surface area contributed by atoms with Crippen molar-refractivity contribution >= 4 is 5.78 Å². The molecule has 0 aliphatic heterocycles. The maximum Gasteiger partial charge on any atom is 0.163 e. The van der Waals surface area contributed by atoms with E-state index in [1.165, 1.54) is 19.3 Å². The van der Waals surface area contributed by atoms with Crippen LogP contribution in [0.5, 0.6) is 0 Å². The van der Waals surface area contributed by atoms with Crippen molar-refractivity contribution in [3.05, 3.63) is 0 Å². The van der Waals surface area contributed by atoms with Crippen LogP contribution in [-0.2, 0) is 9.53 Å². The van der Waals surface area contributed by atoms with Crippen LogP contribution in [0.3, 0.4) is 0 Å². The summed E-state index contributed by atoms with van der Waals surface area (Å²) in [6.45, 7) is 8.59. The number of carbonyl (C=O) groups is 1. The molecule has 0 aliphatic rings. The molecular formula is C12H24O2. The summed E-state index contributed by atoms with van der Waals surface area (Å²) in [5.74, 6) is 0.293. The van der Waals surface area contributed by atoms with E-state index in [0.29, 0.717) is 0 Å². The Bertz CT molecular complexity index is 152. The van der Waals surface area contributed by atoms with Crippen molar-refractivity contribution in [2.45, 2.75) is 59.5 Å². The van der Waals surface area contributed by atoms with Gasteiger partial charge in [-0.05, 0) is 13.3 Å². The molecule has 0 aromatic carbocycles. The molecule has 0 saturated heterocycles. The van der Waals surface area contributed by atoms with Crippen LogP contribution in [0.15, 0.2) is 0 Å². The van der Waals surface area contributed by atoms with Crippen LogP contribution >= 0.6 is 0 Å². The fraction of sp³-hybridized carbons (Fsp3) is 0.917. The third-order valence-corrected chi connectivity index (χ3v) is 2.34. The third-order valence-electron chi connectivity index (χ3n) is 2.34. The zero-order valence-corrected chi connectivity index (χ0v) is 10.0. The van der Waals surface area contributed by atoms with E-state index in [0.717, 1.165) is 13.0 Å². The Morgan fingerprint density at radius 1 is 1.14 bits per heavy atom. The molecule has 0 N–H and O–H groups in total. The van der Waals surface area contributed by atoms with Crippen molar-refractivity contribution in [3.63, 3.8) is 0 Å². The highest BCUT2D eigenvalue weighted by Crippen LogP contribution is 2.05. The summed E-state index contributed by atoms with van der Waals surface area (Å²) in [5.41, 5.74) is 0. The second-order valence-corrected chi connectivity index (χ2v) is 4.13. The van der Waals surface area contributed by atoms with Crippen LogP contribution in [0.2, 0.25) is 0 Å². The molecule has 0 unspecified atom stereocenters. The second-order valence-electron chi connectivity index (χ2n) is 4.13. The molecule has 0 amide bonds. The monoisotopic (exact) mass is 200 g/mol. The van der Waals surface area contributed by atoms with Gasteiger partial charge >= 0.3 is 0 Å². The first-order valence-electron chi connectivity index (χ1n) is 5.75. The van der Waals surface area contributed by atoms with Crippen LogP contribution in [0.25, 0.3) is 0 Å². The zero-order chi connectivity index (χ0) is 11.0. The lowest BCUT2D eigenvalue weighted by molar-refractivity contribution is -0.132. The molecule has 1 atom stereocenters. The minimum atomic E-state index is -0.225. The lowest BCUT2D eigenvalue weighted by Crippen LogP contribution is -2.25. The van der Waals surface area contributed by atoms with Crippen LogP contribution in [0.1, 0.15) is 53.4 Å². The molecule has 0 aliphatic carbocycles. The topological polar surface area (TPSA) is 26.3 Å². The van der Waals surface area contributed by atoms with Gasteiger partial charge in [-0.15, -0.1) is 0 Å². The summed E-state index contributed by atoms with van der Waals surface area (Å²) in [6, 6.07) is 0. The maximum atomic E-state index is 11.4. The first-order valence-corrected chi connectivity index (χ1v) is 5.75. The molecule has 0 aromatic heterocycles. The second kappa shape index (κ2) is 7.98. The SMILES string of the molecule is CCCCCCO[C@H](C)C(=O)C(C)C. The van der Waals surface area contributed by atoms with Crippen LogP contribution < -0.4 is 0 Å². The highest BCUT2D eigenvalue weighted by Gasteiger charge is 2.16. The number of Topliss-reactive ketones (excluding diaryl/α,β-unsaturated/α-hetero) is 1. The molecule has 14 heavy (non-hydrogen) atoms. The predicted octanol–water partition coefficient (Wildman–Crippen LogP) is 3.20. The molecule has 0 spiro atoms. The lowest BCUT2D eigenvalue weighted by Gasteiger charge is -2.13. The average molecular weight is 200 g/mol. The van der Waals surface area contributed by atoms with Crippen molar-refractivity contribution in [3.8, 4) is 0 Å². The number of rotatable bonds is 8. The fourth-order valence-electron chi connectivity index (χ4n) is 1.34. The van der Waals surface area contributed by atoms with Gasteiger partial charge in [-0.1, -0.05) is 40.0 Å². The number of ketones is 1. The Balaban J connectivity index is 3.44. The molecule has 0 fully saturated rings. The summed E-state index contributed by atoms with van der Waals surface area (Å²) in [7, 11) is 0. The van der Waals surface area contributed by atoms with Crippen molar-refractivity contribution in [2.75, 3.05) is 6.61 Å². The van der Waals surface area contributed by atoms with Crippen molar-refractivity contribution in [2.24, 2.45) is 5.92 Å². The Morgan fingerprint density at radius 2 is 1.79 bits per heavy atom. The molecule has 2 nitrogen and oxygen atoms in total. The van der Waals surface area contributed by atoms with E-state index in [9.17, 15) is 4.79 Å². The van der Waals surface area contributed by atoms with E-state index in [4.69, 9.17) is 4.74 Å². The smallest absolute Gasteiger partial charge is 0.163 e. The number of hydrogen-bond donors (Lipinski definition) is 0. The first-order chi connectivity index (χ1) is 6.59. The van der Waals surface area contributed by atoms with Gasteiger partial charge in [-0.25, -0.2) is 0 Å². The third kappa shape index (κ3) is 6.14. The minimum absolute atomic E-state index is 0.0839. The standard InChI is InChI=1S/C12H24O2/c1-5-6-7-8-9-14-11(4)12(13)10(2)3/h10-11H,5-9H2,1-4H3/t11-/m1/s1. The molecule has 2 heteroatoms. The average Bonchev–Trinajstić information content (AvgIpc) is 2.16. The molecule has 0 aromatic rings. The fourth-order valence-corrected chi connectivity index (χ4v) is 1.34. The van der Waals surface area contributed by atoms with E-state index < -0.39 is 0 Å². The van der Waals surface area contributed by atoms with Crippen molar-refractivity contribution in [1.29, 1.82) is 0 Å². The summed E-state index contributed by atoms with van der Waals surface area (Å²) in [4.78, 5) is 11.4. The molecule has 0 radical (unpaired) electrons. The molecule has 84 valence electrons. The van der Waals surface area contributed by atoms with E-state index in [-0.39, 0.29) is 17.8 Å². The number of carbonyl (C=O) groups excluding carboxylic acids is 1. The zero-order valence-electron chi connectivity index (χ0n) is 10.0. The summed E-state index contributed by atoms with van der Waals surface area (Å²) < 4.78 is 5.46. The Hall–Kier alpha value is -0.370. The summed E-state index contributed by atoms with van der Waals surface area (Å²) in [6.07, 6.45) is 4.55.